The molecule has 0 fully saturated rings. The number of aliphatic imine (C=N–C) groups is 1. The van der Waals surface area contributed by atoms with Crippen LogP contribution in [-0.2, 0) is 16.1 Å². The lowest BCUT2D eigenvalue weighted by Gasteiger charge is -2.15. The highest BCUT2D eigenvalue weighted by Crippen LogP contribution is 2.21. The monoisotopic (exact) mass is 566 g/mol. The molecule has 0 spiro atoms. The molecule has 0 aliphatic heterocycles. The summed E-state index contributed by atoms with van der Waals surface area (Å²) in [6.07, 6.45) is 0. The van der Waals surface area contributed by atoms with Crippen LogP contribution >= 0.6 is 24.0 Å². The molecule has 0 saturated carbocycles. The molecular weight excluding hydrogens is 540 g/mol. The Bertz CT molecular complexity index is 945. The van der Waals surface area contributed by atoms with Crippen LogP contribution in [0.4, 0.5) is 18.9 Å². The number of nitrogens with one attached hydrogen (secondary N) is 3. The van der Waals surface area contributed by atoms with Gasteiger partial charge < -0.3 is 25.4 Å². The van der Waals surface area contributed by atoms with E-state index >= 15 is 0 Å². The summed E-state index contributed by atoms with van der Waals surface area (Å²) < 4.78 is 50.6. The molecule has 2 aromatic rings. The van der Waals surface area contributed by atoms with Gasteiger partial charge in [-0.25, -0.2) is 13.2 Å². The molecule has 0 unspecified atom stereocenters. The maximum atomic E-state index is 13.7. The Kier molecular flexibility index (Phi) is 11.8. The molecule has 0 radical (unpaired) electrons. The first kappa shape index (κ1) is 27.5. The summed E-state index contributed by atoms with van der Waals surface area (Å²) in [5, 5.41) is 7.99. The second kappa shape index (κ2) is 13.8. The van der Waals surface area contributed by atoms with Gasteiger partial charge in [0.2, 0.25) is 5.91 Å². The zero-order chi connectivity index (χ0) is 22.8. The summed E-state index contributed by atoms with van der Waals surface area (Å²) in [6.45, 7) is 2.90. The minimum absolute atomic E-state index is 0. The largest absolute Gasteiger partial charge is 0.491 e. The number of halogens is 4. The van der Waals surface area contributed by atoms with E-state index in [9.17, 15) is 18.0 Å². The number of amides is 1. The fourth-order valence-corrected chi connectivity index (χ4v) is 2.56. The van der Waals surface area contributed by atoms with Gasteiger partial charge in [-0.1, -0.05) is 12.1 Å². The van der Waals surface area contributed by atoms with Crippen molar-refractivity contribution in [1.82, 2.24) is 10.6 Å². The number of carbonyl (C=O) groups excluding carboxylic acids is 1. The number of aryl methyl sites for hydroxylation is 1. The Labute approximate surface area is 201 Å². The number of hydrogen-bond acceptors (Lipinski definition) is 4. The summed E-state index contributed by atoms with van der Waals surface area (Å²) in [7, 11) is 3.11. The summed E-state index contributed by atoms with van der Waals surface area (Å²) in [6, 6.07) is 7.44. The van der Waals surface area contributed by atoms with Crippen molar-refractivity contribution in [1.29, 1.82) is 0 Å². The molecule has 2 rings (SSSR count). The van der Waals surface area contributed by atoms with Crippen molar-refractivity contribution >= 4 is 41.5 Å². The minimum Gasteiger partial charge on any atom is -0.491 e. The molecule has 1 amide bonds. The summed E-state index contributed by atoms with van der Waals surface area (Å²) >= 11 is 0. The SMILES string of the molecule is CN=C(NCC(=O)Nc1ccc(F)c(F)c1F)NCc1ccc(C)cc1OCCOC.I. The average molecular weight is 566 g/mol. The number of hydrogen-bond donors (Lipinski definition) is 3. The molecule has 2 aromatic carbocycles. The topological polar surface area (TPSA) is 84.0 Å². The Balaban J connectivity index is 0.00000512. The third-order valence-electron chi connectivity index (χ3n) is 4.16. The third-order valence-corrected chi connectivity index (χ3v) is 4.16. The number of rotatable bonds is 9. The first-order valence-electron chi connectivity index (χ1n) is 9.44. The molecule has 11 heteroatoms. The number of nitrogens with zero attached hydrogens (tertiary/aromatic N) is 1. The highest BCUT2D eigenvalue weighted by Gasteiger charge is 2.15. The molecule has 7 nitrogen and oxygen atoms in total. The van der Waals surface area contributed by atoms with Crippen LogP contribution in [0, 0.1) is 24.4 Å². The van der Waals surface area contributed by atoms with E-state index < -0.39 is 29.0 Å². The van der Waals surface area contributed by atoms with Crippen molar-refractivity contribution in [3.63, 3.8) is 0 Å². The lowest BCUT2D eigenvalue weighted by Crippen LogP contribution is -2.41. The van der Waals surface area contributed by atoms with Crippen molar-refractivity contribution in [2.45, 2.75) is 13.5 Å². The highest BCUT2D eigenvalue weighted by molar-refractivity contribution is 14.0. The molecule has 176 valence electrons. The quantitative estimate of drug-likeness (QED) is 0.143. The van der Waals surface area contributed by atoms with Crippen molar-refractivity contribution in [2.24, 2.45) is 4.99 Å². The van der Waals surface area contributed by atoms with E-state index in [1.165, 1.54) is 7.05 Å². The van der Waals surface area contributed by atoms with Crippen LogP contribution in [0.3, 0.4) is 0 Å². The van der Waals surface area contributed by atoms with E-state index in [4.69, 9.17) is 9.47 Å². The number of anilines is 1. The summed E-state index contributed by atoms with van der Waals surface area (Å²) in [5.74, 6) is -4.09. The van der Waals surface area contributed by atoms with Crippen LogP contribution in [-0.4, -0.2) is 45.8 Å². The van der Waals surface area contributed by atoms with E-state index in [1.54, 1.807) is 7.11 Å². The summed E-state index contributed by atoms with van der Waals surface area (Å²) in [4.78, 5) is 16.0. The van der Waals surface area contributed by atoms with Gasteiger partial charge in [-0.2, -0.15) is 0 Å². The van der Waals surface area contributed by atoms with Gasteiger partial charge in [-0.3, -0.25) is 9.79 Å². The molecule has 32 heavy (non-hydrogen) atoms. The van der Waals surface area contributed by atoms with Crippen molar-refractivity contribution in [3.8, 4) is 5.75 Å². The van der Waals surface area contributed by atoms with Crippen molar-refractivity contribution in [3.05, 3.63) is 58.9 Å². The number of carbonyl (C=O) groups is 1. The number of methoxy groups -OCH3 is 1. The van der Waals surface area contributed by atoms with Gasteiger partial charge in [0.1, 0.15) is 12.4 Å². The van der Waals surface area contributed by atoms with Gasteiger partial charge in [0.25, 0.3) is 0 Å². The molecule has 0 atom stereocenters. The third kappa shape index (κ3) is 8.19. The Morgan fingerprint density at radius 1 is 1.06 bits per heavy atom. The first-order chi connectivity index (χ1) is 14.8. The highest BCUT2D eigenvalue weighted by atomic mass is 127. The Hall–Kier alpha value is -2.54. The summed E-state index contributed by atoms with van der Waals surface area (Å²) in [5.41, 5.74) is 1.46. The first-order valence-corrected chi connectivity index (χ1v) is 9.44. The number of benzene rings is 2. The fourth-order valence-electron chi connectivity index (χ4n) is 2.56. The zero-order valence-corrected chi connectivity index (χ0v) is 20.3. The van der Waals surface area contributed by atoms with Crippen molar-refractivity contribution in [2.75, 3.05) is 39.2 Å². The average Bonchev–Trinajstić information content (AvgIpc) is 2.75. The number of guanidine groups is 1. The minimum atomic E-state index is -1.65. The predicted molar refractivity (Wildman–Crippen MR) is 127 cm³/mol. The zero-order valence-electron chi connectivity index (χ0n) is 17.9. The molecule has 0 heterocycles. The van der Waals surface area contributed by atoms with E-state index in [1.807, 2.05) is 25.1 Å². The van der Waals surface area contributed by atoms with Gasteiger partial charge >= 0.3 is 0 Å². The van der Waals surface area contributed by atoms with E-state index in [0.717, 1.165) is 23.3 Å². The van der Waals surface area contributed by atoms with Gasteiger partial charge in [-0.15, -0.1) is 24.0 Å². The normalized spacial score (nSPS) is 10.9. The second-order valence-electron chi connectivity index (χ2n) is 6.50. The van der Waals surface area contributed by atoms with E-state index in [-0.39, 0.29) is 30.5 Å². The fraction of sp³-hybridized carbons (Fsp3) is 0.333. The molecule has 0 aromatic heterocycles. The van der Waals surface area contributed by atoms with Crippen LogP contribution in [0.25, 0.3) is 0 Å². The lowest BCUT2D eigenvalue weighted by molar-refractivity contribution is -0.115. The van der Waals surface area contributed by atoms with Crippen LogP contribution in [0.15, 0.2) is 35.3 Å². The van der Waals surface area contributed by atoms with E-state index in [0.29, 0.717) is 31.5 Å². The maximum absolute atomic E-state index is 13.7. The molecule has 0 saturated heterocycles. The second-order valence-corrected chi connectivity index (χ2v) is 6.50. The van der Waals surface area contributed by atoms with Gasteiger partial charge in [0.15, 0.2) is 23.4 Å². The molecular formula is C21H26F3IN4O3. The molecule has 3 N–H and O–H groups in total. The smallest absolute Gasteiger partial charge is 0.243 e. The van der Waals surface area contributed by atoms with Gasteiger partial charge in [0.05, 0.1) is 18.8 Å². The van der Waals surface area contributed by atoms with E-state index in [2.05, 4.69) is 20.9 Å². The molecule has 0 aliphatic carbocycles. The van der Waals surface area contributed by atoms with Crippen LogP contribution < -0.4 is 20.7 Å². The molecule has 0 bridgehead atoms. The standard InChI is InChI=1S/C21H25F3N4O3.HI/c1-13-4-5-14(17(10-13)31-9-8-30-3)11-26-21(25-2)27-12-18(29)28-16-7-6-15(22)19(23)20(16)24;/h4-7,10H,8-9,11-12H2,1-3H3,(H,28,29)(H2,25,26,27);1H. The van der Waals surface area contributed by atoms with Crippen molar-refractivity contribution < 1.29 is 27.4 Å². The number of ether oxygens (including phenoxy) is 2. The predicted octanol–water partition coefficient (Wildman–Crippen LogP) is 3.36. The van der Waals surface area contributed by atoms with Crippen LogP contribution in [0.5, 0.6) is 5.75 Å². The van der Waals surface area contributed by atoms with Crippen LogP contribution in [0.2, 0.25) is 0 Å². The van der Waals surface area contributed by atoms with Gasteiger partial charge in [0, 0.05) is 26.3 Å². The Morgan fingerprint density at radius 2 is 1.81 bits per heavy atom. The van der Waals surface area contributed by atoms with Crippen LogP contribution in [0.1, 0.15) is 11.1 Å². The Morgan fingerprint density at radius 3 is 2.50 bits per heavy atom. The molecule has 0 aliphatic rings. The lowest BCUT2D eigenvalue weighted by atomic mass is 10.1. The van der Waals surface area contributed by atoms with Gasteiger partial charge in [-0.05, 0) is 30.7 Å². The maximum Gasteiger partial charge on any atom is 0.243 e.